The lowest BCUT2D eigenvalue weighted by Gasteiger charge is -2.12. The van der Waals surface area contributed by atoms with Crippen molar-refractivity contribution in [3.63, 3.8) is 0 Å². The van der Waals surface area contributed by atoms with Crippen LogP contribution in [-0.4, -0.2) is 32.8 Å². The molecule has 0 aliphatic carbocycles. The van der Waals surface area contributed by atoms with Gasteiger partial charge in [-0.15, -0.1) is 4.91 Å². The van der Waals surface area contributed by atoms with Crippen LogP contribution in [0, 0.1) is 21.9 Å². The first kappa shape index (κ1) is 17.0. The van der Waals surface area contributed by atoms with Gasteiger partial charge in [0, 0.05) is 6.92 Å². The molecule has 2 heterocycles. The number of imidazole rings is 1. The number of hydrogen-bond donors (Lipinski definition) is 0. The van der Waals surface area contributed by atoms with E-state index in [0.717, 1.165) is 11.3 Å². The number of anilines is 1. The van der Waals surface area contributed by atoms with Crippen LogP contribution in [0.1, 0.15) is 29.9 Å². The summed E-state index contributed by atoms with van der Waals surface area (Å²) in [5.41, 5.74) is -0.270. The number of nitrogens with zero attached hydrogens (tertiary/aromatic N) is 5. The Morgan fingerprint density at radius 3 is 2.67 bits per heavy atom. The average molecular weight is 335 g/mol. The van der Waals surface area contributed by atoms with E-state index in [1.165, 1.54) is 12.3 Å². The molecule has 0 aliphatic rings. The predicted octanol–water partition coefficient (Wildman–Crippen LogP) is 1.76. The van der Waals surface area contributed by atoms with Crippen LogP contribution in [0.25, 0.3) is 5.65 Å². The van der Waals surface area contributed by atoms with Crippen molar-refractivity contribution in [3.05, 3.63) is 38.5 Å². The molecule has 0 N–H and O–H groups in total. The van der Waals surface area contributed by atoms with Crippen LogP contribution >= 0.6 is 0 Å². The summed E-state index contributed by atoms with van der Waals surface area (Å²) in [7, 11) is 0. The van der Waals surface area contributed by atoms with Gasteiger partial charge in [0.1, 0.15) is 5.69 Å². The Bertz CT molecular complexity index is 858. The van der Waals surface area contributed by atoms with Crippen molar-refractivity contribution in [1.29, 1.82) is 0 Å². The Hall–Kier alpha value is -3.37. The van der Waals surface area contributed by atoms with E-state index in [1.54, 1.807) is 13.8 Å². The van der Waals surface area contributed by atoms with Gasteiger partial charge in [-0.25, -0.2) is 4.79 Å². The van der Waals surface area contributed by atoms with Gasteiger partial charge in [0.25, 0.3) is 5.65 Å². The lowest BCUT2D eigenvalue weighted by Crippen LogP contribution is -2.23. The first-order chi connectivity index (χ1) is 11.3. The van der Waals surface area contributed by atoms with Gasteiger partial charge < -0.3 is 14.9 Å². The summed E-state index contributed by atoms with van der Waals surface area (Å²) in [6.07, 6.45) is 1.31. The fourth-order valence-electron chi connectivity index (χ4n) is 2.20. The highest BCUT2D eigenvalue weighted by Gasteiger charge is 2.33. The Morgan fingerprint density at radius 1 is 1.50 bits per heavy atom. The molecule has 0 unspecified atom stereocenters. The smallest absolute Gasteiger partial charge is 0.365 e. The second-order valence-electron chi connectivity index (χ2n) is 4.72. The number of hydrogen-bond acceptors (Lipinski definition) is 8. The normalized spacial score (nSPS) is 10.5. The number of amides is 1. The summed E-state index contributed by atoms with van der Waals surface area (Å²) in [4.78, 5) is 49.0. The van der Waals surface area contributed by atoms with Gasteiger partial charge >= 0.3 is 11.8 Å². The van der Waals surface area contributed by atoms with Gasteiger partial charge in [-0.05, 0) is 30.4 Å². The highest BCUT2D eigenvalue weighted by atomic mass is 16.6. The number of carbonyl (C=O) groups excluding carboxylic acids is 2. The number of aryl methyl sites for hydroxylation is 1. The molecule has 2 aromatic rings. The summed E-state index contributed by atoms with van der Waals surface area (Å²) >= 11 is 0. The van der Waals surface area contributed by atoms with Crippen molar-refractivity contribution in [3.8, 4) is 0 Å². The Balaban J connectivity index is 2.87. The summed E-state index contributed by atoms with van der Waals surface area (Å²) in [5, 5.41) is 14.5. The molecule has 0 saturated heterocycles. The van der Waals surface area contributed by atoms with Crippen molar-refractivity contribution in [2.75, 3.05) is 11.6 Å². The van der Waals surface area contributed by atoms with Gasteiger partial charge in [-0.1, -0.05) is 0 Å². The number of ether oxygens (including phenoxy) is 1. The van der Waals surface area contributed by atoms with E-state index in [1.807, 2.05) is 0 Å². The molecule has 24 heavy (non-hydrogen) atoms. The molecule has 0 atom stereocenters. The second-order valence-corrected chi connectivity index (χ2v) is 4.72. The van der Waals surface area contributed by atoms with E-state index in [9.17, 15) is 24.6 Å². The van der Waals surface area contributed by atoms with Crippen LogP contribution in [-0.2, 0) is 9.53 Å². The fraction of sp³-hybridized carbons (Fsp3) is 0.308. The zero-order valence-electron chi connectivity index (χ0n) is 13.0. The lowest BCUT2D eigenvalue weighted by atomic mass is 10.2. The Kier molecular flexibility index (Phi) is 4.53. The lowest BCUT2D eigenvalue weighted by molar-refractivity contribution is -0.390. The molecular formula is C13H13N5O6. The molecule has 0 spiro atoms. The zero-order chi connectivity index (χ0) is 18.0. The molecule has 2 aromatic heterocycles. The maximum absolute atomic E-state index is 11.9. The summed E-state index contributed by atoms with van der Waals surface area (Å²) in [6, 6.07) is 1.44. The molecule has 0 saturated carbocycles. The van der Waals surface area contributed by atoms with E-state index < -0.39 is 28.3 Å². The van der Waals surface area contributed by atoms with Gasteiger partial charge in [0.15, 0.2) is 0 Å². The van der Waals surface area contributed by atoms with E-state index >= 15 is 0 Å². The minimum atomic E-state index is -0.982. The maximum Gasteiger partial charge on any atom is 0.365 e. The van der Waals surface area contributed by atoms with Crippen LogP contribution in [0.5, 0.6) is 0 Å². The molecule has 0 fully saturated rings. The average Bonchev–Trinajstić information content (AvgIpc) is 2.89. The molecule has 1 amide bonds. The van der Waals surface area contributed by atoms with E-state index in [2.05, 4.69) is 10.3 Å². The fourth-order valence-corrected chi connectivity index (χ4v) is 2.20. The molecule has 11 nitrogen and oxygen atoms in total. The van der Waals surface area contributed by atoms with Gasteiger partial charge in [-0.2, -0.15) is 14.4 Å². The van der Waals surface area contributed by atoms with Crippen molar-refractivity contribution in [1.82, 2.24) is 9.38 Å². The van der Waals surface area contributed by atoms with E-state index in [0.29, 0.717) is 10.6 Å². The summed E-state index contributed by atoms with van der Waals surface area (Å²) in [5.74, 6) is -2.31. The van der Waals surface area contributed by atoms with E-state index in [4.69, 9.17) is 4.74 Å². The third-order valence-electron chi connectivity index (χ3n) is 3.18. The molecule has 0 radical (unpaired) electrons. The quantitative estimate of drug-likeness (QED) is 0.351. The number of esters is 1. The molecule has 0 bridgehead atoms. The third kappa shape index (κ3) is 2.66. The van der Waals surface area contributed by atoms with Crippen LogP contribution in [0.2, 0.25) is 0 Å². The number of fused-ring (bicyclic) bond motifs is 1. The molecule has 11 heteroatoms. The van der Waals surface area contributed by atoms with Crippen LogP contribution in [0.3, 0.4) is 0 Å². The van der Waals surface area contributed by atoms with Gasteiger partial charge in [0.05, 0.1) is 18.1 Å². The zero-order valence-corrected chi connectivity index (χ0v) is 13.0. The van der Waals surface area contributed by atoms with Crippen LogP contribution < -0.4 is 5.01 Å². The van der Waals surface area contributed by atoms with Crippen molar-refractivity contribution >= 4 is 29.0 Å². The minimum absolute atomic E-state index is 0.00517. The SMILES string of the molecule is CCOC(=O)c1nc2c(N(N=O)C(C)=O)c(C)ccn2c1[N+](=O)[O-]. The number of nitro groups is 1. The monoisotopic (exact) mass is 335 g/mol. The maximum atomic E-state index is 11.9. The summed E-state index contributed by atoms with van der Waals surface area (Å²) < 4.78 is 5.76. The Morgan fingerprint density at radius 2 is 2.17 bits per heavy atom. The van der Waals surface area contributed by atoms with Crippen molar-refractivity contribution in [2.45, 2.75) is 20.8 Å². The highest BCUT2D eigenvalue weighted by Crippen LogP contribution is 2.31. The number of nitroso groups, excluding NO2 is 1. The van der Waals surface area contributed by atoms with Crippen LogP contribution in [0.15, 0.2) is 17.5 Å². The topological polar surface area (TPSA) is 136 Å². The van der Waals surface area contributed by atoms with Gasteiger partial charge in [-0.3, -0.25) is 4.79 Å². The number of pyridine rings is 1. The van der Waals surface area contributed by atoms with Crippen molar-refractivity contribution < 1.29 is 19.2 Å². The molecule has 0 aromatic carbocycles. The molecular weight excluding hydrogens is 322 g/mol. The van der Waals surface area contributed by atoms with E-state index in [-0.39, 0.29) is 17.9 Å². The highest BCUT2D eigenvalue weighted by molar-refractivity contribution is 5.98. The summed E-state index contributed by atoms with van der Waals surface area (Å²) in [6.45, 7) is 4.23. The third-order valence-corrected chi connectivity index (χ3v) is 3.18. The first-order valence-electron chi connectivity index (χ1n) is 6.80. The number of aromatic nitrogens is 2. The van der Waals surface area contributed by atoms with Crippen LogP contribution in [0.4, 0.5) is 11.5 Å². The Labute approximate surface area is 134 Å². The molecule has 0 aliphatic heterocycles. The first-order valence-corrected chi connectivity index (χ1v) is 6.80. The second kappa shape index (κ2) is 6.40. The standard InChI is InChI=1S/C13H13N5O6/c1-4-24-13(20)9-12(18(22)23)16-6-5-7(2)10(11(16)14-9)17(15-21)8(3)19/h5-6H,4H2,1-3H3. The molecule has 126 valence electrons. The number of carbonyl (C=O) groups is 2. The number of rotatable bonds is 5. The minimum Gasteiger partial charge on any atom is -0.461 e. The van der Waals surface area contributed by atoms with Gasteiger partial charge in [0.2, 0.25) is 11.6 Å². The van der Waals surface area contributed by atoms with Crippen molar-refractivity contribution in [2.24, 2.45) is 5.29 Å². The predicted molar refractivity (Wildman–Crippen MR) is 81.5 cm³/mol. The molecule has 2 rings (SSSR count). The largest absolute Gasteiger partial charge is 0.461 e.